The molecule has 0 fully saturated rings. The highest BCUT2D eigenvalue weighted by Crippen LogP contribution is 2.33. The van der Waals surface area contributed by atoms with Gasteiger partial charge >= 0.3 is 18.3 Å². The van der Waals surface area contributed by atoms with Crippen LogP contribution in [0.1, 0.15) is 69.5 Å². The molecule has 3 amide bonds. The van der Waals surface area contributed by atoms with Gasteiger partial charge in [0, 0.05) is 25.3 Å². The van der Waals surface area contributed by atoms with E-state index in [1.807, 2.05) is 13.8 Å². The molecule has 0 radical (unpaired) electrons. The van der Waals surface area contributed by atoms with E-state index in [2.05, 4.69) is 25.9 Å². The largest absolute Gasteiger partial charge is 0.444 e. The number of urea groups is 1. The first-order valence-corrected chi connectivity index (χ1v) is 12.6. The molecule has 3 rings (SSSR count). The van der Waals surface area contributed by atoms with Crippen molar-refractivity contribution >= 4 is 18.1 Å². The number of carbonyl (C=O) groups excluding carboxylic acids is 2. The van der Waals surface area contributed by atoms with Crippen molar-refractivity contribution in [3.05, 3.63) is 52.6 Å². The Kier molecular flexibility index (Phi) is 9.23. The summed E-state index contributed by atoms with van der Waals surface area (Å²) in [6, 6.07) is 1.23. The fourth-order valence-corrected chi connectivity index (χ4v) is 3.98. The van der Waals surface area contributed by atoms with Crippen molar-refractivity contribution in [1.29, 1.82) is 0 Å². The molecule has 0 saturated heterocycles. The van der Waals surface area contributed by atoms with E-state index in [-0.39, 0.29) is 31.1 Å². The first-order chi connectivity index (χ1) is 18.1. The number of carbonyl (C=O) groups is 2. The quantitative estimate of drug-likeness (QED) is 0.407. The van der Waals surface area contributed by atoms with Crippen molar-refractivity contribution < 1.29 is 31.9 Å². The SMILES string of the molecule is CC(C)Nc1ncc2c(n1)CN(C(=O)N[C@H](CCNC(=O)OC(C)(C)C)c1ccc(C(F)(F)F)c(F)c1)CC2. The number of aromatic nitrogens is 2. The molecule has 39 heavy (non-hydrogen) atoms. The summed E-state index contributed by atoms with van der Waals surface area (Å²) in [4.78, 5) is 35.6. The number of nitrogens with one attached hydrogen (secondary N) is 3. The zero-order valence-electron chi connectivity index (χ0n) is 22.6. The molecule has 0 bridgehead atoms. The van der Waals surface area contributed by atoms with Gasteiger partial charge in [-0.2, -0.15) is 13.2 Å². The van der Waals surface area contributed by atoms with Crippen LogP contribution in [0.4, 0.5) is 33.1 Å². The van der Waals surface area contributed by atoms with E-state index in [0.717, 1.165) is 17.7 Å². The lowest BCUT2D eigenvalue weighted by molar-refractivity contribution is -0.140. The Morgan fingerprint density at radius 3 is 2.51 bits per heavy atom. The minimum Gasteiger partial charge on any atom is -0.444 e. The molecule has 0 unspecified atom stereocenters. The molecule has 0 spiro atoms. The van der Waals surface area contributed by atoms with Gasteiger partial charge in [-0.25, -0.2) is 23.9 Å². The molecule has 1 aliphatic heterocycles. The molecular weight excluding hydrogens is 520 g/mol. The predicted octanol–water partition coefficient (Wildman–Crippen LogP) is 5.18. The van der Waals surface area contributed by atoms with Crippen LogP contribution in [0.2, 0.25) is 0 Å². The van der Waals surface area contributed by atoms with Gasteiger partial charge in [-0.1, -0.05) is 6.07 Å². The van der Waals surface area contributed by atoms with Gasteiger partial charge in [-0.3, -0.25) is 0 Å². The van der Waals surface area contributed by atoms with Crippen LogP contribution < -0.4 is 16.0 Å². The normalized spacial score (nSPS) is 14.5. The van der Waals surface area contributed by atoms with Crippen LogP contribution in [-0.4, -0.2) is 51.7 Å². The van der Waals surface area contributed by atoms with Crippen molar-refractivity contribution in [3.8, 4) is 0 Å². The van der Waals surface area contributed by atoms with Gasteiger partial charge in [0.25, 0.3) is 0 Å². The van der Waals surface area contributed by atoms with Crippen molar-refractivity contribution in [2.45, 2.75) is 77.9 Å². The van der Waals surface area contributed by atoms with Crippen LogP contribution >= 0.6 is 0 Å². The molecule has 1 aromatic carbocycles. The zero-order valence-corrected chi connectivity index (χ0v) is 22.6. The van der Waals surface area contributed by atoms with Crippen molar-refractivity contribution in [2.75, 3.05) is 18.4 Å². The van der Waals surface area contributed by atoms with Crippen LogP contribution in [-0.2, 0) is 23.9 Å². The Balaban J connectivity index is 1.76. The smallest absolute Gasteiger partial charge is 0.419 e. The van der Waals surface area contributed by atoms with E-state index in [1.165, 1.54) is 4.90 Å². The molecule has 1 atom stereocenters. The molecule has 1 aromatic heterocycles. The van der Waals surface area contributed by atoms with E-state index >= 15 is 0 Å². The van der Waals surface area contributed by atoms with Gasteiger partial charge in [-0.15, -0.1) is 0 Å². The van der Waals surface area contributed by atoms with Crippen LogP contribution in [0.5, 0.6) is 0 Å². The molecular formula is C26H34F4N6O3. The number of alkyl carbamates (subject to hydrolysis) is 1. The fraction of sp³-hybridized carbons (Fsp3) is 0.538. The molecule has 2 aromatic rings. The summed E-state index contributed by atoms with van der Waals surface area (Å²) >= 11 is 0. The highest BCUT2D eigenvalue weighted by molar-refractivity contribution is 5.75. The van der Waals surface area contributed by atoms with Gasteiger partial charge < -0.3 is 25.6 Å². The van der Waals surface area contributed by atoms with Crippen molar-refractivity contribution in [2.24, 2.45) is 0 Å². The maximum atomic E-state index is 14.4. The number of rotatable bonds is 7. The summed E-state index contributed by atoms with van der Waals surface area (Å²) in [6.07, 6.45) is -3.23. The highest BCUT2D eigenvalue weighted by Gasteiger charge is 2.34. The molecule has 0 saturated carbocycles. The van der Waals surface area contributed by atoms with Gasteiger partial charge in [0.2, 0.25) is 5.95 Å². The minimum atomic E-state index is -4.86. The van der Waals surface area contributed by atoms with E-state index in [0.29, 0.717) is 30.7 Å². The van der Waals surface area contributed by atoms with E-state index in [1.54, 1.807) is 27.0 Å². The minimum absolute atomic E-state index is 0.0167. The van der Waals surface area contributed by atoms with E-state index in [9.17, 15) is 27.2 Å². The average molecular weight is 555 g/mol. The summed E-state index contributed by atoms with van der Waals surface area (Å²) in [6.45, 7) is 9.57. The summed E-state index contributed by atoms with van der Waals surface area (Å²) in [5.74, 6) is -1.01. The predicted molar refractivity (Wildman–Crippen MR) is 136 cm³/mol. The Hall–Kier alpha value is -3.64. The third-order valence-corrected chi connectivity index (χ3v) is 5.75. The number of hydrogen-bond donors (Lipinski definition) is 3. The van der Waals surface area contributed by atoms with E-state index in [4.69, 9.17) is 4.74 Å². The van der Waals surface area contributed by atoms with Crippen LogP contribution in [0.25, 0.3) is 0 Å². The fourth-order valence-electron chi connectivity index (χ4n) is 3.98. The lowest BCUT2D eigenvalue weighted by Gasteiger charge is -2.30. The van der Waals surface area contributed by atoms with Crippen molar-refractivity contribution in [1.82, 2.24) is 25.5 Å². The van der Waals surface area contributed by atoms with Gasteiger partial charge in [0.1, 0.15) is 11.4 Å². The van der Waals surface area contributed by atoms with Gasteiger partial charge in [0.05, 0.1) is 23.8 Å². The van der Waals surface area contributed by atoms with E-state index < -0.39 is 41.3 Å². The third kappa shape index (κ3) is 8.69. The third-order valence-electron chi connectivity index (χ3n) is 5.75. The standard InChI is InChI=1S/C26H34F4N6O3/c1-15(2)33-22-32-13-17-9-11-36(14-21(17)34-22)23(37)35-20(8-10-31-24(38)39-25(3,4)5)16-6-7-18(19(27)12-16)26(28,29)30/h6-7,12-13,15,20H,8-11,14H2,1-5H3,(H,31,38)(H,35,37)(H,32,33,34)/t20-/m1/s1. The maximum Gasteiger partial charge on any atom is 0.419 e. The average Bonchev–Trinajstić information content (AvgIpc) is 2.80. The second kappa shape index (κ2) is 12.0. The Morgan fingerprint density at radius 1 is 1.18 bits per heavy atom. The topological polar surface area (TPSA) is 108 Å². The zero-order chi connectivity index (χ0) is 29.0. The maximum absolute atomic E-state index is 14.4. The Labute approximate surface area is 224 Å². The summed E-state index contributed by atoms with van der Waals surface area (Å²) in [5, 5.41) is 8.45. The molecule has 214 valence electrons. The molecule has 1 aliphatic rings. The van der Waals surface area contributed by atoms with Crippen LogP contribution in [0.3, 0.4) is 0 Å². The molecule has 2 heterocycles. The number of ether oxygens (including phenoxy) is 1. The Morgan fingerprint density at radius 2 is 1.90 bits per heavy atom. The monoisotopic (exact) mass is 554 g/mol. The number of amides is 3. The molecule has 9 nitrogen and oxygen atoms in total. The molecule has 13 heteroatoms. The number of halogens is 4. The summed E-state index contributed by atoms with van der Waals surface area (Å²) in [7, 11) is 0. The highest BCUT2D eigenvalue weighted by atomic mass is 19.4. The van der Waals surface area contributed by atoms with Crippen molar-refractivity contribution in [3.63, 3.8) is 0 Å². The number of nitrogens with zero attached hydrogens (tertiary/aromatic N) is 3. The summed E-state index contributed by atoms with van der Waals surface area (Å²) in [5.41, 5.74) is -0.411. The number of alkyl halides is 3. The second-order valence-corrected chi connectivity index (χ2v) is 10.6. The number of anilines is 1. The first-order valence-electron chi connectivity index (χ1n) is 12.6. The molecule has 3 N–H and O–H groups in total. The van der Waals surface area contributed by atoms with Gasteiger partial charge in [0.15, 0.2) is 0 Å². The lowest BCUT2D eigenvalue weighted by atomic mass is 10.0. The first kappa shape index (κ1) is 29.9. The van der Waals surface area contributed by atoms with Gasteiger partial charge in [-0.05, 0) is 70.7 Å². The number of hydrogen-bond acceptors (Lipinski definition) is 6. The van der Waals surface area contributed by atoms with Crippen LogP contribution in [0, 0.1) is 5.82 Å². The molecule has 0 aliphatic carbocycles. The number of benzene rings is 1. The van der Waals surface area contributed by atoms with Crippen LogP contribution in [0.15, 0.2) is 24.4 Å². The number of fused-ring (bicyclic) bond motifs is 1. The lowest BCUT2D eigenvalue weighted by Crippen LogP contribution is -2.45. The summed E-state index contributed by atoms with van der Waals surface area (Å²) < 4.78 is 58.8. The second-order valence-electron chi connectivity index (χ2n) is 10.6. The Bertz CT molecular complexity index is 1180.